The van der Waals surface area contributed by atoms with E-state index in [9.17, 15) is 14.7 Å². The van der Waals surface area contributed by atoms with E-state index in [1.165, 1.54) is 25.7 Å². The van der Waals surface area contributed by atoms with Crippen LogP contribution >= 0.6 is 0 Å². The zero-order chi connectivity index (χ0) is 14.9. The fraction of sp³-hybridized carbons (Fsp3) is 0.867. The topological polar surface area (TPSA) is 78.9 Å². The second kappa shape index (κ2) is 5.83. The molecule has 0 aromatic carbocycles. The van der Waals surface area contributed by atoms with Gasteiger partial charge in [-0.05, 0) is 31.6 Å². The number of ether oxygens (including phenoxy) is 1. The maximum atomic E-state index is 12.6. The van der Waals surface area contributed by atoms with Gasteiger partial charge in [-0.15, -0.1) is 0 Å². The lowest BCUT2D eigenvalue weighted by molar-refractivity contribution is -0.144. The molecule has 2 saturated heterocycles. The van der Waals surface area contributed by atoms with Gasteiger partial charge >= 0.3 is 12.0 Å². The van der Waals surface area contributed by atoms with Crippen LogP contribution in [0.2, 0.25) is 0 Å². The smallest absolute Gasteiger partial charge is 0.332 e. The molecule has 6 nitrogen and oxygen atoms in total. The van der Waals surface area contributed by atoms with Gasteiger partial charge in [0.15, 0.2) is 5.54 Å². The summed E-state index contributed by atoms with van der Waals surface area (Å²) in [7, 11) is 0. The van der Waals surface area contributed by atoms with E-state index in [4.69, 9.17) is 4.74 Å². The van der Waals surface area contributed by atoms with Gasteiger partial charge in [-0.3, -0.25) is 0 Å². The molecule has 3 rings (SSSR count). The van der Waals surface area contributed by atoms with E-state index in [1.54, 1.807) is 0 Å². The number of likely N-dealkylation sites (tertiary alicyclic amines) is 1. The number of hydrogen-bond acceptors (Lipinski definition) is 3. The second-order valence-corrected chi connectivity index (χ2v) is 6.57. The van der Waals surface area contributed by atoms with Crippen molar-refractivity contribution in [3.05, 3.63) is 0 Å². The quantitative estimate of drug-likeness (QED) is 0.829. The molecule has 3 aliphatic rings. The van der Waals surface area contributed by atoms with E-state index < -0.39 is 11.5 Å². The maximum absolute atomic E-state index is 12.6. The first-order chi connectivity index (χ1) is 10.1. The maximum Gasteiger partial charge on any atom is 0.332 e. The predicted molar refractivity (Wildman–Crippen MR) is 76.0 cm³/mol. The average molecular weight is 296 g/mol. The van der Waals surface area contributed by atoms with E-state index in [0.29, 0.717) is 25.0 Å². The minimum atomic E-state index is -1.24. The Hall–Kier alpha value is -1.30. The third-order valence-corrected chi connectivity index (χ3v) is 5.28. The van der Waals surface area contributed by atoms with Crippen molar-refractivity contribution in [2.45, 2.75) is 56.5 Å². The highest BCUT2D eigenvalue weighted by molar-refractivity contribution is 5.87. The fourth-order valence-corrected chi connectivity index (χ4v) is 4.04. The van der Waals surface area contributed by atoms with E-state index in [1.807, 2.05) is 4.90 Å². The summed E-state index contributed by atoms with van der Waals surface area (Å²) in [4.78, 5) is 25.9. The number of carboxylic acid groups (broad SMARTS) is 1. The van der Waals surface area contributed by atoms with Crippen LogP contribution in [0.4, 0.5) is 4.79 Å². The van der Waals surface area contributed by atoms with E-state index in [0.717, 1.165) is 19.4 Å². The number of rotatable bonds is 3. The van der Waals surface area contributed by atoms with Crippen LogP contribution in [0.3, 0.4) is 0 Å². The Morgan fingerprint density at radius 1 is 1.19 bits per heavy atom. The van der Waals surface area contributed by atoms with Crippen molar-refractivity contribution >= 4 is 12.0 Å². The minimum absolute atomic E-state index is 0.0655. The van der Waals surface area contributed by atoms with Crippen molar-refractivity contribution in [1.29, 1.82) is 0 Å². The van der Waals surface area contributed by atoms with Crippen LogP contribution in [0.25, 0.3) is 0 Å². The van der Waals surface area contributed by atoms with Gasteiger partial charge in [0.05, 0.1) is 6.61 Å². The van der Waals surface area contributed by atoms with Crippen molar-refractivity contribution in [1.82, 2.24) is 10.2 Å². The van der Waals surface area contributed by atoms with Crippen LogP contribution in [0.5, 0.6) is 0 Å². The fourth-order valence-electron chi connectivity index (χ4n) is 4.04. The highest BCUT2D eigenvalue weighted by Crippen LogP contribution is 2.35. The van der Waals surface area contributed by atoms with E-state index in [2.05, 4.69) is 5.32 Å². The molecule has 21 heavy (non-hydrogen) atoms. The number of hydrogen-bond donors (Lipinski definition) is 2. The van der Waals surface area contributed by atoms with E-state index >= 15 is 0 Å². The number of nitrogens with one attached hydrogen (secondary N) is 1. The van der Waals surface area contributed by atoms with E-state index in [-0.39, 0.29) is 12.6 Å². The number of carbonyl (C=O) groups is 2. The standard InChI is InChI=1S/C15H24N2O4/c18-13(19)15(7-9-21-10-15)16-14(20)17-8-3-6-12(17)11-4-1-2-5-11/h11-12H,1-10H2,(H,16,20)(H,18,19). The average Bonchev–Trinajstić information content (AvgIpc) is 3.19. The summed E-state index contributed by atoms with van der Waals surface area (Å²) in [5, 5.41) is 12.2. The van der Waals surface area contributed by atoms with Crippen LogP contribution in [0, 0.1) is 5.92 Å². The molecule has 2 aliphatic heterocycles. The first-order valence-corrected chi connectivity index (χ1v) is 8.02. The molecule has 1 saturated carbocycles. The largest absolute Gasteiger partial charge is 0.479 e. The number of amides is 2. The van der Waals surface area contributed by atoms with Crippen molar-refractivity contribution in [2.24, 2.45) is 5.92 Å². The molecule has 0 bridgehead atoms. The van der Waals surface area contributed by atoms with Crippen LogP contribution in [-0.2, 0) is 9.53 Å². The Balaban J connectivity index is 1.67. The summed E-state index contributed by atoms with van der Waals surface area (Å²) in [5.41, 5.74) is -1.24. The molecule has 6 heteroatoms. The number of urea groups is 1. The highest BCUT2D eigenvalue weighted by atomic mass is 16.5. The van der Waals surface area contributed by atoms with Crippen LogP contribution in [0.1, 0.15) is 44.9 Å². The monoisotopic (exact) mass is 296 g/mol. The number of carbonyl (C=O) groups excluding carboxylic acids is 1. The molecule has 1 aliphatic carbocycles. The molecule has 0 aromatic heterocycles. The number of carboxylic acids is 1. The third-order valence-electron chi connectivity index (χ3n) is 5.28. The van der Waals surface area contributed by atoms with Crippen molar-refractivity contribution in [3.63, 3.8) is 0 Å². The van der Waals surface area contributed by atoms with Gasteiger partial charge in [-0.1, -0.05) is 12.8 Å². The molecule has 2 atom stereocenters. The normalized spacial score (nSPS) is 33.5. The van der Waals surface area contributed by atoms with Gasteiger partial charge in [0, 0.05) is 25.6 Å². The number of aliphatic carboxylic acids is 1. The summed E-state index contributed by atoms with van der Waals surface area (Å²) in [6, 6.07) is 0.0676. The molecule has 2 N–H and O–H groups in total. The lowest BCUT2D eigenvalue weighted by Gasteiger charge is -2.33. The first kappa shape index (κ1) is 14.6. The van der Waals surface area contributed by atoms with Gasteiger partial charge in [0.25, 0.3) is 0 Å². The Labute approximate surface area is 124 Å². The Morgan fingerprint density at radius 3 is 2.57 bits per heavy atom. The van der Waals surface area contributed by atoms with Crippen LogP contribution in [0.15, 0.2) is 0 Å². The lowest BCUT2D eigenvalue weighted by atomic mass is 9.96. The molecule has 2 heterocycles. The van der Waals surface area contributed by atoms with Crippen LogP contribution in [-0.4, -0.2) is 53.3 Å². The summed E-state index contributed by atoms with van der Waals surface area (Å²) in [6.45, 7) is 1.19. The molecule has 2 unspecified atom stereocenters. The molecule has 0 radical (unpaired) electrons. The SMILES string of the molecule is O=C(NC1(C(=O)O)CCOC1)N1CCCC1C1CCCC1. The summed E-state index contributed by atoms with van der Waals surface area (Å²) in [6.07, 6.45) is 7.31. The zero-order valence-electron chi connectivity index (χ0n) is 12.3. The molecule has 3 fully saturated rings. The highest BCUT2D eigenvalue weighted by Gasteiger charge is 2.46. The molecule has 118 valence electrons. The summed E-state index contributed by atoms with van der Waals surface area (Å²) < 4.78 is 5.20. The predicted octanol–water partition coefficient (Wildman–Crippen LogP) is 1.59. The van der Waals surface area contributed by atoms with Gasteiger partial charge in [0.2, 0.25) is 0 Å². The van der Waals surface area contributed by atoms with Crippen molar-refractivity contribution in [2.75, 3.05) is 19.8 Å². The van der Waals surface area contributed by atoms with Crippen molar-refractivity contribution in [3.8, 4) is 0 Å². The summed E-state index contributed by atoms with van der Waals surface area (Å²) in [5.74, 6) is -0.399. The summed E-state index contributed by atoms with van der Waals surface area (Å²) >= 11 is 0. The molecule has 0 aromatic rings. The Kier molecular flexibility index (Phi) is 4.06. The molecule has 2 amide bonds. The zero-order valence-corrected chi connectivity index (χ0v) is 12.3. The third kappa shape index (κ3) is 2.73. The van der Waals surface area contributed by atoms with Crippen LogP contribution < -0.4 is 5.32 Å². The second-order valence-electron chi connectivity index (χ2n) is 6.57. The number of nitrogens with zero attached hydrogens (tertiary/aromatic N) is 1. The Morgan fingerprint density at radius 2 is 1.95 bits per heavy atom. The molecule has 0 spiro atoms. The van der Waals surface area contributed by atoms with Gasteiger partial charge < -0.3 is 20.1 Å². The van der Waals surface area contributed by atoms with Gasteiger partial charge in [-0.25, -0.2) is 9.59 Å². The first-order valence-electron chi connectivity index (χ1n) is 8.02. The van der Waals surface area contributed by atoms with Gasteiger partial charge in [0.1, 0.15) is 0 Å². The minimum Gasteiger partial charge on any atom is -0.479 e. The lowest BCUT2D eigenvalue weighted by Crippen LogP contribution is -2.59. The van der Waals surface area contributed by atoms with Gasteiger partial charge in [-0.2, -0.15) is 0 Å². The van der Waals surface area contributed by atoms with Crippen molar-refractivity contribution < 1.29 is 19.4 Å². The Bertz CT molecular complexity index is 414. The molecular formula is C15H24N2O4. The molecular weight excluding hydrogens is 272 g/mol.